The molecule has 1 atom stereocenters. The van der Waals surface area contributed by atoms with E-state index in [9.17, 15) is 4.79 Å². The molecule has 0 spiro atoms. The quantitative estimate of drug-likeness (QED) is 0.773. The number of carbonyl (C=O) groups excluding carboxylic acids is 1. The lowest BCUT2D eigenvalue weighted by Gasteiger charge is -2.27. The van der Waals surface area contributed by atoms with E-state index >= 15 is 0 Å². The molecule has 19 heavy (non-hydrogen) atoms. The topological polar surface area (TPSA) is 64.3 Å². The second-order valence-electron chi connectivity index (χ2n) is 5.28. The first-order valence-electron chi connectivity index (χ1n) is 6.57. The molecule has 3 N–H and O–H groups in total. The Morgan fingerprint density at radius 2 is 1.95 bits per heavy atom. The molecule has 1 aromatic carbocycles. The molecule has 1 unspecified atom stereocenters. The number of ether oxygens (including phenoxy) is 1. The SMILES string of the molecule is CCC(COC)NC(=O)C(C)(C)c1ccc(N)cc1. The summed E-state index contributed by atoms with van der Waals surface area (Å²) in [6.07, 6.45) is 0.845. The summed E-state index contributed by atoms with van der Waals surface area (Å²) in [7, 11) is 1.64. The van der Waals surface area contributed by atoms with Crippen molar-refractivity contribution in [2.75, 3.05) is 19.5 Å². The number of hydrogen-bond donors (Lipinski definition) is 2. The van der Waals surface area contributed by atoms with Crippen molar-refractivity contribution in [3.05, 3.63) is 29.8 Å². The molecule has 1 aromatic rings. The first-order valence-corrected chi connectivity index (χ1v) is 6.57. The first-order chi connectivity index (χ1) is 8.91. The predicted octanol–water partition coefficient (Wildman–Crippen LogP) is 2.09. The maximum Gasteiger partial charge on any atom is 0.230 e. The largest absolute Gasteiger partial charge is 0.399 e. The van der Waals surface area contributed by atoms with Crippen molar-refractivity contribution in [3.8, 4) is 0 Å². The molecule has 0 aliphatic carbocycles. The van der Waals surface area contributed by atoms with Crippen molar-refractivity contribution < 1.29 is 9.53 Å². The van der Waals surface area contributed by atoms with E-state index in [0.717, 1.165) is 12.0 Å². The molecule has 4 nitrogen and oxygen atoms in total. The summed E-state index contributed by atoms with van der Waals surface area (Å²) in [6, 6.07) is 7.47. The Kier molecular flexibility index (Phi) is 5.36. The Hall–Kier alpha value is -1.55. The molecular formula is C15H24N2O2. The normalized spacial score (nSPS) is 13.1. The van der Waals surface area contributed by atoms with Crippen LogP contribution in [0.5, 0.6) is 0 Å². The Balaban J connectivity index is 2.81. The van der Waals surface area contributed by atoms with E-state index < -0.39 is 5.41 Å². The van der Waals surface area contributed by atoms with Crippen LogP contribution in [0.2, 0.25) is 0 Å². The van der Waals surface area contributed by atoms with Gasteiger partial charge >= 0.3 is 0 Å². The van der Waals surface area contributed by atoms with Gasteiger partial charge in [0.2, 0.25) is 5.91 Å². The van der Waals surface area contributed by atoms with Gasteiger partial charge in [-0.15, -0.1) is 0 Å². The molecule has 0 bridgehead atoms. The average molecular weight is 264 g/mol. The van der Waals surface area contributed by atoms with Gasteiger partial charge in [0.25, 0.3) is 0 Å². The molecule has 106 valence electrons. The third-order valence-corrected chi connectivity index (χ3v) is 3.40. The van der Waals surface area contributed by atoms with Crippen molar-refractivity contribution in [1.82, 2.24) is 5.32 Å². The molecule has 4 heteroatoms. The molecule has 1 rings (SSSR count). The van der Waals surface area contributed by atoms with Crippen molar-refractivity contribution in [2.24, 2.45) is 0 Å². The van der Waals surface area contributed by atoms with Gasteiger partial charge in [-0.25, -0.2) is 0 Å². The van der Waals surface area contributed by atoms with Gasteiger partial charge in [-0.2, -0.15) is 0 Å². The Bertz CT molecular complexity index is 413. The average Bonchev–Trinajstić information content (AvgIpc) is 2.38. The van der Waals surface area contributed by atoms with Crippen LogP contribution < -0.4 is 11.1 Å². The fourth-order valence-corrected chi connectivity index (χ4v) is 1.86. The second kappa shape index (κ2) is 6.57. The summed E-state index contributed by atoms with van der Waals surface area (Å²) in [5.41, 5.74) is 6.73. The highest BCUT2D eigenvalue weighted by atomic mass is 16.5. The summed E-state index contributed by atoms with van der Waals surface area (Å²) in [5.74, 6) is 0.00108. The molecule has 0 aromatic heterocycles. The van der Waals surface area contributed by atoms with E-state index in [1.165, 1.54) is 0 Å². The molecule has 0 fully saturated rings. The van der Waals surface area contributed by atoms with E-state index in [2.05, 4.69) is 5.32 Å². The number of carbonyl (C=O) groups is 1. The van der Waals surface area contributed by atoms with Gasteiger partial charge in [-0.3, -0.25) is 4.79 Å². The van der Waals surface area contributed by atoms with Gasteiger partial charge in [0, 0.05) is 12.8 Å². The number of rotatable bonds is 6. The zero-order chi connectivity index (χ0) is 14.5. The number of benzene rings is 1. The number of nitrogens with two attached hydrogens (primary N) is 1. The van der Waals surface area contributed by atoms with Gasteiger partial charge in [-0.1, -0.05) is 19.1 Å². The van der Waals surface area contributed by atoms with E-state index in [1.54, 1.807) is 7.11 Å². The highest BCUT2D eigenvalue weighted by Gasteiger charge is 2.30. The van der Waals surface area contributed by atoms with Gasteiger partial charge in [-0.05, 0) is 38.0 Å². The van der Waals surface area contributed by atoms with Crippen LogP contribution >= 0.6 is 0 Å². The minimum Gasteiger partial charge on any atom is -0.399 e. The van der Waals surface area contributed by atoms with E-state index in [0.29, 0.717) is 12.3 Å². The van der Waals surface area contributed by atoms with Crippen LogP contribution in [0.15, 0.2) is 24.3 Å². The highest BCUT2D eigenvalue weighted by Crippen LogP contribution is 2.24. The molecule has 0 aliphatic rings. The van der Waals surface area contributed by atoms with Gasteiger partial charge in [0.1, 0.15) is 0 Å². The summed E-state index contributed by atoms with van der Waals surface area (Å²) in [6.45, 7) is 6.38. The number of methoxy groups -OCH3 is 1. The predicted molar refractivity (Wildman–Crippen MR) is 78.0 cm³/mol. The molecule has 0 radical (unpaired) electrons. The number of nitrogens with one attached hydrogen (secondary N) is 1. The van der Waals surface area contributed by atoms with Crippen molar-refractivity contribution in [1.29, 1.82) is 0 Å². The number of anilines is 1. The second-order valence-corrected chi connectivity index (χ2v) is 5.28. The van der Waals surface area contributed by atoms with Gasteiger partial charge < -0.3 is 15.8 Å². The van der Waals surface area contributed by atoms with Crippen molar-refractivity contribution in [3.63, 3.8) is 0 Å². The minimum absolute atomic E-state index is 0.00108. The first kappa shape index (κ1) is 15.5. The Morgan fingerprint density at radius 1 is 1.37 bits per heavy atom. The number of hydrogen-bond acceptors (Lipinski definition) is 3. The lowest BCUT2D eigenvalue weighted by Crippen LogP contribution is -2.46. The molecule has 0 aliphatic heterocycles. The van der Waals surface area contributed by atoms with Crippen LogP contribution in [-0.4, -0.2) is 25.7 Å². The van der Waals surface area contributed by atoms with Crippen molar-refractivity contribution in [2.45, 2.75) is 38.6 Å². The maximum atomic E-state index is 12.4. The Labute approximate surface area is 115 Å². The van der Waals surface area contributed by atoms with E-state index in [-0.39, 0.29) is 11.9 Å². The van der Waals surface area contributed by atoms with Crippen LogP contribution in [0.3, 0.4) is 0 Å². The molecule has 0 heterocycles. The smallest absolute Gasteiger partial charge is 0.230 e. The zero-order valence-electron chi connectivity index (χ0n) is 12.2. The standard InChI is InChI=1S/C15H24N2O2/c1-5-13(10-19-4)17-14(18)15(2,3)11-6-8-12(16)9-7-11/h6-9,13H,5,10,16H2,1-4H3,(H,17,18). The van der Waals surface area contributed by atoms with E-state index in [1.807, 2.05) is 45.0 Å². The molecular weight excluding hydrogens is 240 g/mol. The third-order valence-electron chi connectivity index (χ3n) is 3.40. The summed E-state index contributed by atoms with van der Waals surface area (Å²) in [5, 5.41) is 3.03. The number of nitrogen functional groups attached to an aromatic ring is 1. The minimum atomic E-state index is -0.588. The highest BCUT2D eigenvalue weighted by molar-refractivity contribution is 5.87. The van der Waals surface area contributed by atoms with E-state index in [4.69, 9.17) is 10.5 Å². The molecule has 1 amide bonds. The lowest BCUT2D eigenvalue weighted by atomic mass is 9.83. The van der Waals surface area contributed by atoms with Crippen molar-refractivity contribution >= 4 is 11.6 Å². The third kappa shape index (κ3) is 3.96. The lowest BCUT2D eigenvalue weighted by molar-refractivity contribution is -0.126. The maximum absolute atomic E-state index is 12.4. The summed E-state index contributed by atoms with van der Waals surface area (Å²) >= 11 is 0. The van der Waals surface area contributed by atoms with Crippen LogP contribution in [-0.2, 0) is 14.9 Å². The number of amides is 1. The molecule has 0 saturated heterocycles. The van der Waals surface area contributed by atoms with Crippen LogP contribution in [0.4, 0.5) is 5.69 Å². The zero-order valence-corrected chi connectivity index (χ0v) is 12.2. The Morgan fingerprint density at radius 3 is 2.42 bits per heavy atom. The molecule has 0 saturated carbocycles. The monoisotopic (exact) mass is 264 g/mol. The van der Waals surface area contributed by atoms with Crippen LogP contribution in [0.25, 0.3) is 0 Å². The van der Waals surface area contributed by atoms with Gasteiger partial charge in [0.05, 0.1) is 18.1 Å². The fraction of sp³-hybridized carbons (Fsp3) is 0.533. The van der Waals surface area contributed by atoms with Crippen LogP contribution in [0.1, 0.15) is 32.8 Å². The summed E-state index contributed by atoms with van der Waals surface area (Å²) < 4.78 is 5.10. The van der Waals surface area contributed by atoms with Crippen LogP contribution in [0, 0.1) is 0 Å². The fourth-order valence-electron chi connectivity index (χ4n) is 1.86. The summed E-state index contributed by atoms with van der Waals surface area (Å²) in [4.78, 5) is 12.4. The van der Waals surface area contributed by atoms with Gasteiger partial charge in [0.15, 0.2) is 0 Å².